The summed E-state index contributed by atoms with van der Waals surface area (Å²) in [5.41, 5.74) is 4.11. The van der Waals surface area contributed by atoms with E-state index in [1.54, 1.807) is 12.1 Å². The molecular weight excluding hydrogens is 415 g/mol. The van der Waals surface area contributed by atoms with Crippen LogP contribution in [0.1, 0.15) is 41.4 Å². The molecule has 6 heteroatoms. The second-order valence-corrected chi connectivity index (χ2v) is 8.23. The first kappa shape index (κ1) is 20.8. The van der Waals surface area contributed by atoms with E-state index in [2.05, 4.69) is 43.9 Å². The molecule has 0 saturated carbocycles. The van der Waals surface area contributed by atoms with Gasteiger partial charge in [-0.1, -0.05) is 60.8 Å². The van der Waals surface area contributed by atoms with Gasteiger partial charge in [-0.05, 0) is 48.2 Å². The molecule has 0 aliphatic heterocycles. The Kier molecular flexibility index (Phi) is 6.09. The number of halogens is 3. The highest BCUT2D eigenvalue weighted by Gasteiger charge is 2.21. The summed E-state index contributed by atoms with van der Waals surface area (Å²) in [7, 11) is 0. The minimum atomic E-state index is -0.262. The van der Waals surface area contributed by atoms with Crippen LogP contribution < -0.4 is 5.32 Å². The van der Waals surface area contributed by atoms with Gasteiger partial charge in [0.05, 0.1) is 20.8 Å². The zero-order valence-electron chi connectivity index (χ0n) is 15.9. The van der Waals surface area contributed by atoms with Crippen LogP contribution >= 0.6 is 34.8 Å². The van der Waals surface area contributed by atoms with Gasteiger partial charge < -0.3 is 9.88 Å². The molecular formula is C22H21Cl3N2O. The van der Waals surface area contributed by atoms with Crippen LogP contribution in [0.5, 0.6) is 0 Å². The largest absolute Gasteiger partial charge is 0.332 e. The fourth-order valence-electron chi connectivity index (χ4n) is 3.31. The van der Waals surface area contributed by atoms with Gasteiger partial charge in [0, 0.05) is 17.4 Å². The Balaban J connectivity index is 2.12. The van der Waals surface area contributed by atoms with Gasteiger partial charge in [-0.25, -0.2) is 0 Å². The predicted octanol–water partition coefficient (Wildman–Crippen LogP) is 7.47. The van der Waals surface area contributed by atoms with Crippen LogP contribution in [0.2, 0.25) is 15.1 Å². The first-order valence-corrected chi connectivity index (χ1v) is 10.1. The van der Waals surface area contributed by atoms with E-state index in [1.165, 1.54) is 11.6 Å². The lowest BCUT2D eigenvalue weighted by Crippen LogP contribution is -2.18. The number of carbonyl (C=O) groups excluding carboxylic acids is 1. The van der Waals surface area contributed by atoms with E-state index in [-0.39, 0.29) is 5.91 Å². The van der Waals surface area contributed by atoms with Crippen LogP contribution in [-0.2, 0) is 6.54 Å². The summed E-state index contributed by atoms with van der Waals surface area (Å²) >= 11 is 18.3. The van der Waals surface area contributed by atoms with E-state index in [0.29, 0.717) is 38.9 Å². The van der Waals surface area contributed by atoms with E-state index in [1.807, 2.05) is 11.5 Å². The number of aromatic nitrogens is 1. The minimum absolute atomic E-state index is 0.262. The predicted molar refractivity (Wildman–Crippen MR) is 120 cm³/mol. The molecule has 146 valence electrons. The molecule has 0 radical (unpaired) electrons. The van der Waals surface area contributed by atoms with E-state index in [4.69, 9.17) is 34.8 Å². The molecule has 3 aromatic rings. The maximum atomic E-state index is 13.2. The topological polar surface area (TPSA) is 34.0 Å². The molecule has 0 saturated heterocycles. The van der Waals surface area contributed by atoms with E-state index < -0.39 is 0 Å². The van der Waals surface area contributed by atoms with Gasteiger partial charge in [-0.3, -0.25) is 4.79 Å². The van der Waals surface area contributed by atoms with Crippen LogP contribution in [-0.4, -0.2) is 10.5 Å². The summed E-state index contributed by atoms with van der Waals surface area (Å²) in [6.07, 6.45) is 1.78. The second-order valence-electron chi connectivity index (χ2n) is 7.00. The lowest BCUT2D eigenvalue weighted by Gasteiger charge is -2.12. The van der Waals surface area contributed by atoms with Crippen LogP contribution in [0.15, 0.2) is 43.0 Å². The molecule has 1 aromatic heterocycles. The molecule has 3 nitrogen and oxygen atoms in total. The third-order valence-corrected chi connectivity index (χ3v) is 5.83. The smallest absolute Gasteiger partial charge is 0.272 e. The Bertz CT molecular complexity index is 1080. The van der Waals surface area contributed by atoms with Crippen molar-refractivity contribution in [3.63, 3.8) is 0 Å². The Labute approximate surface area is 179 Å². The third-order valence-electron chi connectivity index (χ3n) is 4.79. The van der Waals surface area contributed by atoms with E-state index in [9.17, 15) is 4.79 Å². The summed E-state index contributed by atoms with van der Waals surface area (Å²) in [6, 6.07) is 9.38. The Morgan fingerprint density at radius 3 is 2.46 bits per heavy atom. The quantitative estimate of drug-likeness (QED) is 0.327. The number of carbonyl (C=O) groups is 1. The Morgan fingerprint density at radius 1 is 1.14 bits per heavy atom. The number of rotatable bonds is 5. The van der Waals surface area contributed by atoms with E-state index in [0.717, 1.165) is 16.5 Å². The maximum absolute atomic E-state index is 13.2. The van der Waals surface area contributed by atoms with E-state index >= 15 is 0 Å². The van der Waals surface area contributed by atoms with Crippen LogP contribution in [0.25, 0.3) is 10.9 Å². The molecule has 3 rings (SSSR count). The molecule has 1 amide bonds. The highest BCUT2D eigenvalue weighted by atomic mass is 35.5. The Morgan fingerprint density at radius 2 is 1.82 bits per heavy atom. The highest BCUT2D eigenvalue weighted by Crippen LogP contribution is 2.34. The van der Waals surface area contributed by atoms with Gasteiger partial charge in [0.1, 0.15) is 5.69 Å². The molecule has 2 aromatic carbocycles. The van der Waals surface area contributed by atoms with Gasteiger partial charge >= 0.3 is 0 Å². The first-order chi connectivity index (χ1) is 13.2. The molecule has 0 spiro atoms. The van der Waals surface area contributed by atoms with Crippen LogP contribution in [0.3, 0.4) is 0 Å². The molecule has 1 N–H and O–H groups in total. The molecule has 0 aliphatic rings. The van der Waals surface area contributed by atoms with Crippen LogP contribution in [0, 0.1) is 6.92 Å². The monoisotopic (exact) mass is 434 g/mol. The average Bonchev–Trinajstić information content (AvgIpc) is 2.91. The number of nitrogens with one attached hydrogen (secondary N) is 1. The van der Waals surface area contributed by atoms with Crippen molar-refractivity contribution in [3.05, 3.63) is 74.9 Å². The number of amides is 1. The lowest BCUT2D eigenvalue weighted by molar-refractivity contribution is 0.101. The molecule has 1 heterocycles. The van der Waals surface area contributed by atoms with Gasteiger partial charge in [-0.15, -0.1) is 6.58 Å². The van der Waals surface area contributed by atoms with Crippen molar-refractivity contribution in [2.75, 3.05) is 5.32 Å². The van der Waals surface area contributed by atoms with Crippen molar-refractivity contribution in [2.45, 2.75) is 33.2 Å². The number of nitrogens with zero attached hydrogens (tertiary/aromatic N) is 1. The fourth-order valence-corrected chi connectivity index (χ4v) is 3.90. The summed E-state index contributed by atoms with van der Waals surface area (Å²) in [4.78, 5) is 13.2. The van der Waals surface area contributed by atoms with Crippen molar-refractivity contribution < 1.29 is 4.79 Å². The lowest BCUT2D eigenvalue weighted by atomic mass is 10.0. The van der Waals surface area contributed by atoms with Gasteiger partial charge in [0.15, 0.2) is 0 Å². The van der Waals surface area contributed by atoms with Crippen LogP contribution in [0.4, 0.5) is 5.69 Å². The number of anilines is 1. The molecule has 0 unspecified atom stereocenters. The first-order valence-electron chi connectivity index (χ1n) is 8.94. The van der Waals surface area contributed by atoms with Gasteiger partial charge in [0.2, 0.25) is 0 Å². The van der Waals surface area contributed by atoms with Crippen molar-refractivity contribution in [1.82, 2.24) is 4.57 Å². The number of allylic oxidation sites excluding steroid dienone is 1. The number of fused-ring (bicyclic) bond motifs is 1. The average molecular weight is 436 g/mol. The Hall–Kier alpha value is -1.94. The zero-order valence-corrected chi connectivity index (χ0v) is 18.2. The highest BCUT2D eigenvalue weighted by molar-refractivity contribution is 6.44. The SMILES string of the molecule is C=CCn1c(C(=O)Nc2cc(Cl)c(Cl)cc2Cl)c(C)c2cc(C(C)C)ccc21. The number of hydrogen-bond donors (Lipinski definition) is 1. The third kappa shape index (κ3) is 3.80. The van der Waals surface area contributed by atoms with Gasteiger partial charge in [-0.2, -0.15) is 0 Å². The number of benzene rings is 2. The molecule has 28 heavy (non-hydrogen) atoms. The fraction of sp³-hybridized carbons (Fsp3) is 0.227. The summed E-state index contributed by atoms with van der Waals surface area (Å²) in [6.45, 7) is 10.6. The molecule has 0 aliphatic carbocycles. The number of hydrogen-bond acceptors (Lipinski definition) is 1. The second kappa shape index (κ2) is 8.20. The van der Waals surface area contributed by atoms with Gasteiger partial charge in [0.25, 0.3) is 5.91 Å². The maximum Gasteiger partial charge on any atom is 0.272 e. The summed E-state index contributed by atoms with van der Waals surface area (Å²) in [5, 5.41) is 4.91. The molecule has 0 atom stereocenters. The van der Waals surface area contributed by atoms with Crippen molar-refractivity contribution in [1.29, 1.82) is 0 Å². The number of aryl methyl sites for hydroxylation is 1. The van der Waals surface area contributed by atoms with Crippen molar-refractivity contribution in [3.8, 4) is 0 Å². The minimum Gasteiger partial charge on any atom is -0.332 e. The van der Waals surface area contributed by atoms with Crippen molar-refractivity contribution in [2.24, 2.45) is 0 Å². The summed E-state index contributed by atoms with van der Waals surface area (Å²) < 4.78 is 1.96. The summed E-state index contributed by atoms with van der Waals surface area (Å²) in [5.74, 6) is 0.140. The molecule has 0 bridgehead atoms. The zero-order chi connectivity index (χ0) is 20.6. The standard InChI is InChI=1S/C22H21Cl3N2O/c1-5-8-27-20-7-6-14(12(2)3)9-15(20)13(4)21(27)22(28)26-19-11-17(24)16(23)10-18(19)25/h5-7,9-12H,1,8H2,2-4H3,(H,26,28). The van der Waals surface area contributed by atoms with Crippen molar-refractivity contribution >= 4 is 57.3 Å². The molecule has 0 fully saturated rings. The normalized spacial score (nSPS) is 11.2.